The molecule has 8 aromatic rings. The smallest absolute Gasteiger partial charge is 0.414 e. The van der Waals surface area contributed by atoms with Gasteiger partial charge >= 0.3 is 6.97 Å². The van der Waals surface area contributed by atoms with E-state index in [1.165, 1.54) is 0 Å². The molecule has 6 nitrogen and oxygen atoms in total. The van der Waals surface area contributed by atoms with Crippen LogP contribution in [-0.2, 0) is 0 Å². The van der Waals surface area contributed by atoms with Gasteiger partial charge in [-0.3, -0.25) is 4.90 Å². The number of fused-ring (bicyclic) bond motifs is 6. The molecule has 0 amide bonds. The van der Waals surface area contributed by atoms with Crippen LogP contribution in [0.4, 0.5) is 65.6 Å². The quantitative estimate of drug-likeness (QED) is 0.153. The first kappa shape index (κ1) is 32.4. The van der Waals surface area contributed by atoms with Crippen LogP contribution < -0.4 is 24.0 Å². The standard InChI is InChI=1S/C46H33BF2N6/c48-47(49)54-42-24-14-13-15-34(42)25-32-45(54)50-46-53(38-22-11-4-12-23-38)44-33-41(30-31-43(44)55(46)47)52(37-20-9-3-10-21-37)40-28-26-39(27-29-40)51(35-16-5-1-6-17-35)36-18-7-2-8-19-36/h1-33H. The summed E-state index contributed by atoms with van der Waals surface area (Å²) >= 11 is 0. The van der Waals surface area contributed by atoms with Crippen molar-refractivity contribution in [3.63, 3.8) is 0 Å². The minimum absolute atomic E-state index is 0.163. The fourth-order valence-electron chi connectivity index (χ4n) is 7.83. The molecule has 2 aliphatic heterocycles. The van der Waals surface area contributed by atoms with Crippen molar-refractivity contribution in [1.29, 1.82) is 0 Å². The SMILES string of the molecule is F[B-]1(F)N2C(=Nc3ccc4ccccc4[n+]31)N(c1ccccc1)c1cc(N(c3ccccc3)c3ccc(N(c4ccccc4)c4ccccc4)cc3)ccc12. The van der Waals surface area contributed by atoms with Gasteiger partial charge in [-0.15, -0.1) is 0 Å². The maximum atomic E-state index is 17.2. The molecule has 0 bridgehead atoms. The minimum Gasteiger partial charge on any atom is -0.414 e. The summed E-state index contributed by atoms with van der Waals surface area (Å²) in [6.07, 6.45) is 0. The van der Waals surface area contributed by atoms with Crippen LogP contribution in [0.5, 0.6) is 0 Å². The molecule has 0 fully saturated rings. The van der Waals surface area contributed by atoms with Crippen molar-refractivity contribution in [2.45, 2.75) is 0 Å². The van der Waals surface area contributed by atoms with Crippen LogP contribution in [0.2, 0.25) is 0 Å². The summed E-state index contributed by atoms with van der Waals surface area (Å²) in [6, 6.07) is 65.2. The van der Waals surface area contributed by atoms with Gasteiger partial charge in [0.2, 0.25) is 0 Å². The molecule has 0 aliphatic carbocycles. The van der Waals surface area contributed by atoms with E-state index >= 15 is 8.63 Å². The summed E-state index contributed by atoms with van der Waals surface area (Å²) in [7, 11) is 0. The third-order valence-corrected chi connectivity index (χ3v) is 10.2. The lowest BCUT2D eigenvalue weighted by molar-refractivity contribution is -0.524. The number of nitrogens with zero attached hydrogens (tertiary/aromatic N) is 6. The molecule has 0 atom stereocenters. The van der Waals surface area contributed by atoms with E-state index in [2.05, 4.69) is 70.5 Å². The number of para-hydroxylation sites is 5. The maximum absolute atomic E-state index is 17.2. The molecular formula is C46H33BF2N6. The lowest BCUT2D eigenvalue weighted by Crippen LogP contribution is -2.73. The Morgan fingerprint density at radius 2 is 0.927 bits per heavy atom. The van der Waals surface area contributed by atoms with Gasteiger partial charge in [-0.05, 0) is 108 Å². The molecule has 3 heterocycles. The number of halogens is 2. The molecule has 0 N–H and O–H groups in total. The third kappa shape index (κ3) is 5.39. The second-order valence-electron chi connectivity index (χ2n) is 13.5. The van der Waals surface area contributed by atoms with Crippen molar-refractivity contribution in [3.8, 4) is 0 Å². The summed E-state index contributed by atoms with van der Waals surface area (Å²) in [6.45, 7) is -4.34. The van der Waals surface area contributed by atoms with Gasteiger partial charge in [0.1, 0.15) is 0 Å². The molecule has 264 valence electrons. The number of pyridine rings is 1. The molecule has 55 heavy (non-hydrogen) atoms. The molecule has 2 aliphatic rings. The molecule has 1 aromatic heterocycles. The number of aromatic nitrogens is 1. The molecule has 0 spiro atoms. The van der Waals surface area contributed by atoms with Gasteiger partial charge < -0.3 is 27.7 Å². The Hall–Kier alpha value is -7.26. The zero-order valence-electron chi connectivity index (χ0n) is 29.6. The van der Waals surface area contributed by atoms with Crippen molar-refractivity contribution >= 4 is 80.8 Å². The monoisotopic (exact) mass is 718 g/mol. The second-order valence-corrected chi connectivity index (χ2v) is 13.5. The number of hydrogen-bond donors (Lipinski definition) is 0. The Morgan fingerprint density at radius 3 is 1.51 bits per heavy atom. The molecule has 9 heteroatoms. The zero-order valence-corrected chi connectivity index (χ0v) is 29.6. The minimum atomic E-state index is -4.34. The Balaban J connectivity index is 1.12. The molecule has 0 unspecified atom stereocenters. The maximum Gasteiger partial charge on any atom is 0.643 e. The van der Waals surface area contributed by atoms with Gasteiger partial charge in [-0.2, -0.15) is 0 Å². The Morgan fingerprint density at radius 1 is 0.455 bits per heavy atom. The summed E-state index contributed by atoms with van der Waals surface area (Å²) in [4.78, 5) is 12.3. The molecule has 0 saturated heterocycles. The normalized spacial score (nSPS) is 13.8. The van der Waals surface area contributed by atoms with Crippen LogP contribution in [0, 0.1) is 0 Å². The van der Waals surface area contributed by atoms with Crippen molar-refractivity contribution < 1.29 is 13.1 Å². The van der Waals surface area contributed by atoms with E-state index < -0.39 is 6.97 Å². The number of aliphatic imine (C=N–C) groups is 1. The average Bonchev–Trinajstić information content (AvgIpc) is 3.57. The van der Waals surface area contributed by atoms with Gasteiger partial charge in [0.25, 0.3) is 11.8 Å². The predicted octanol–water partition coefficient (Wildman–Crippen LogP) is 11.9. The van der Waals surface area contributed by atoms with Crippen LogP contribution in [0.25, 0.3) is 10.9 Å². The number of anilines is 9. The van der Waals surface area contributed by atoms with Crippen molar-refractivity contribution in [2.75, 3.05) is 19.5 Å². The van der Waals surface area contributed by atoms with Crippen LogP contribution in [0.3, 0.4) is 0 Å². The topological polar surface area (TPSA) is 29.2 Å². The van der Waals surface area contributed by atoms with Crippen molar-refractivity contribution in [1.82, 2.24) is 0 Å². The number of rotatable bonds is 7. The van der Waals surface area contributed by atoms with E-state index in [1.807, 2.05) is 120 Å². The van der Waals surface area contributed by atoms with E-state index in [4.69, 9.17) is 4.99 Å². The lowest BCUT2D eigenvalue weighted by Gasteiger charge is -2.37. The first-order valence-electron chi connectivity index (χ1n) is 18.2. The number of benzene rings is 7. The van der Waals surface area contributed by atoms with Crippen LogP contribution in [0.1, 0.15) is 0 Å². The summed E-state index contributed by atoms with van der Waals surface area (Å²) < 4.78 is 35.5. The molecule has 10 rings (SSSR count). The summed E-state index contributed by atoms with van der Waals surface area (Å²) in [5.74, 6) is 0.367. The van der Waals surface area contributed by atoms with Gasteiger partial charge in [-0.1, -0.05) is 91.0 Å². The van der Waals surface area contributed by atoms with Crippen LogP contribution in [-0.4, -0.2) is 12.9 Å². The highest BCUT2D eigenvalue weighted by Crippen LogP contribution is 2.49. The highest BCUT2D eigenvalue weighted by molar-refractivity contribution is 6.70. The second kappa shape index (κ2) is 13.0. The number of hydrogen-bond acceptors (Lipinski definition) is 5. The largest absolute Gasteiger partial charge is 0.643 e. The first-order valence-corrected chi connectivity index (χ1v) is 18.2. The predicted molar refractivity (Wildman–Crippen MR) is 221 cm³/mol. The fraction of sp³-hybridized carbons (Fsp3) is 0. The molecular weight excluding hydrogens is 685 g/mol. The Kier molecular flexibility index (Phi) is 7.66. The van der Waals surface area contributed by atoms with Crippen LogP contribution in [0.15, 0.2) is 205 Å². The van der Waals surface area contributed by atoms with Gasteiger partial charge in [-0.25, -0.2) is 0 Å². The van der Waals surface area contributed by atoms with E-state index in [9.17, 15) is 0 Å². The Labute approximate surface area is 317 Å². The summed E-state index contributed by atoms with van der Waals surface area (Å²) in [5, 5.41) is 0.723. The van der Waals surface area contributed by atoms with E-state index in [1.54, 1.807) is 24.3 Å². The molecule has 0 radical (unpaired) electrons. The first-order chi connectivity index (χ1) is 27.1. The number of guanidine groups is 1. The third-order valence-electron chi connectivity index (χ3n) is 10.2. The molecule has 7 aromatic carbocycles. The van der Waals surface area contributed by atoms with Crippen LogP contribution >= 0.6 is 0 Å². The highest BCUT2D eigenvalue weighted by atomic mass is 19.2. The van der Waals surface area contributed by atoms with Crippen molar-refractivity contribution in [3.05, 3.63) is 200 Å². The average molecular weight is 719 g/mol. The zero-order chi connectivity index (χ0) is 36.9. The summed E-state index contributed by atoms with van der Waals surface area (Å²) in [5.41, 5.74) is 7.92. The van der Waals surface area contributed by atoms with Gasteiger partial charge in [0, 0.05) is 51.3 Å². The van der Waals surface area contributed by atoms with E-state index in [-0.39, 0.29) is 11.8 Å². The van der Waals surface area contributed by atoms with E-state index in [0.29, 0.717) is 16.9 Å². The van der Waals surface area contributed by atoms with Crippen molar-refractivity contribution in [2.24, 2.45) is 4.99 Å². The fourth-order valence-corrected chi connectivity index (χ4v) is 7.83. The lowest BCUT2D eigenvalue weighted by atomic mass is 9.90. The Bertz CT molecular complexity index is 2660. The van der Waals surface area contributed by atoms with Gasteiger partial charge in [0.05, 0.1) is 16.9 Å². The highest BCUT2D eigenvalue weighted by Gasteiger charge is 2.56. The molecule has 0 saturated carbocycles. The van der Waals surface area contributed by atoms with Gasteiger partial charge in [0.15, 0.2) is 0 Å². The van der Waals surface area contributed by atoms with E-state index in [0.717, 1.165) is 54.5 Å².